The SMILES string of the molecule is O=c1c2cc(-c3ccc(F)cc3)nn2ccn1CC1CCOCC1. The highest BCUT2D eigenvalue weighted by Crippen LogP contribution is 2.19. The summed E-state index contributed by atoms with van der Waals surface area (Å²) in [5.41, 5.74) is 1.93. The lowest BCUT2D eigenvalue weighted by Crippen LogP contribution is -2.27. The lowest BCUT2D eigenvalue weighted by molar-refractivity contribution is 0.0609. The van der Waals surface area contributed by atoms with Crippen LogP contribution in [0.25, 0.3) is 16.8 Å². The van der Waals surface area contributed by atoms with Crippen LogP contribution in [-0.4, -0.2) is 27.4 Å². The van der Waals surface area contributed by atoms with Gasteiger partial charge in [-0.3, -0.25) is 4.79 Å². The van der Waals surface area contributed by atoms with Gasteiger partial charge < -0.3 is 9.30 Å². The molecule has 1 aliphatic heterocycles. The molecule has 0 unspecified atom stereocenters. The molecule has 1 aromatic carbocycles. The summed E-state index contributed by atoms with van der Waals surface area (Å²) in [6.45, 7) is 2.24. The zero-order valence-electron chi connectivity index (χ0n) is 13.2. The van der Waals surface area contributed by atoms with E-state index < -0.39 is 0 Å². The first kappa shape index (κ1) is 15.1. The Balaban J connectivity index is 1.68. The molecular formula is C18H18FN3O2. The third kappa shape index (κ3) is 2.85. The molecule has 124 valence electrons. The Morgan fingerprint density at radius 1 is 1.17 bits per heavy atom. The number of ether oxygens (including phenoxy) is 1. The summed E-state index contributed by atoms with van der Waals surface area (Å²) in [4.78, 5) is 12.7. The van der Waals surface area contributed by atoms with Crippen molar-refractivity contribution in [1.29, 1.82) is 0 Å². The molecule has 4 rings (SSSR count). The molecule has 1 saturated heterocycles. The Morgan fingerprint density at radius 2 is 1.92 bits per heavy atom. The third-order valence-electron chi connectivity index (χ3n) is 4.54. The van der Waals surface area contributed by atoms with Gasteiger partial charge in [-0.1, -0.05) is 0 Å². The van der Waals surface area contributed by atoms with Crippen molar-refractivity contribution in [3.05, 3.63) is 58.9 Å². The fourth-order valence-corrected chi connectivity index (χ4v) is 3.14. The third-order valence-corrected chi connectivity index (χ3v) is 4.54. The van der Waals surface area contributed by atoms with Crippen LogP contribution in [0, 0.1) is 11.7 Å². The maximum Gasteiger partial charge on any atom is 0.276 e. The maximum atomic E-state index is 13.1. The van der Waals surface area contributed by atoms with Gasteiger partial charge in [-0.25, -0.2) is 8.91 Å². The minimum absolute atomic E-state index is 0.0511. The van der Waals surface area contributed by atoms with Crippen LogP contribution >= 0.6 is 0 Å². The summed E-state index contributed by atoms with van der Waals surface area (Å²) in [5, 5.41) is 4.42. The molecule has 1 fully saturated rings. The number of hydrogen-bond donors (Lipinski definition) is 0. The second-order valence-electron chi connectivity index (χ2n) is 6.18. The summed E-state index contributed by atoms with van der Waals surface area (Å²) in [5.74, 6) is 0.180. The van der Waals surface area contributed by atoms with Gasteiger partial charge in [0.25, 0.3) is 5.56 Å². The van der Waals surface area contributed by atoms with Gasteiger partial charge in [0, 0.05) is 37.7 Å². The molecule has 0 amide bonds. The Labute approximate surface area is 138 Å². The molecule has 2 aromatic heterocycles. The molecule has 0 N–H and O–H groups in total. The van der Waals surface area contributed by atoms with E-state index in [1.54, 1.807) is 39.7 Å². The molecule has 0 atom stereocenters. The number of rotatable bonds is 3. The zero-order valence-corrected chi connectivity index (χ0v) is 13.2. The van der Waals surface area contributed by atoms with Crippen LogP contribution in [0.15, 0.2) is 47.5 Å². The Hall–Kier alpha value is -2.47. The van der Waals surface area contributed by atoms with Crippen molar-refractivity contribution in [2.24, 2.45) is 5.92 Å². The van der Waals surface area contributed by atoms with Crippen LogP contribution in [0.4, 0.5) is 4.39 Å². The van der Waals surface area contributed by atoms with Crippen molar-refractivity contribution in [3.8, 4) is 11.3 Å². The van der Waals surface area contributed by atoms with Crippen molar-refractivity contribution < 1.29 is 9.13 Å². The second kappa shape index (κ2) is 6.20. The van der Waals surface area contributed by atoms with E-state index in [2.05, 4.69) is 5.10 Å². The van der Waals surface area contributed by atoms with Gasteiger partial charge in [0.15, 0.2) is 0 Å². The molecule has 0 saturated carbocycles. The molecule has 24 heavy (non-hydrogen) atoms. The summed E-state index contributed by atoms with van der Waals surface area (Å²) >= 11 is 0. The zero-order chi connectivity index (χ0) is 16.5. The van der Waals surface area contributed by atoms with E-state index in [9.17, 15) is 9.18 Å². The van der Waals surface area contributed by atoms with E-state index in [4.69, 9.17) is 4.74 Å². The number of nitrogens with zero attached hydrogens (tertiary/aromatic N) is 3. The number of fused-ring (bicyclic) bond motifs is 1. The van der Waals surface area contributed by atoms with Gasteiger partial charge >= 0.3 is 0 Å². The van der Waals surface area contributed by atoms with E-state index in [0.717, 1.165) is 31.6 Å². The van der Waals surface area contributed by atoms with Crippen molar-refractivity contribution in [2.75, 3.05) is 13.2 Å². The predicted octanol–water partition coefficient (Wildman–Crippen LogP) is 2.73. The Morgan fingerprint density at radius 3 is 2.67 bits per heavy atom. The molecule has 0 bridgehead atoms. The van der Waals surface area contributed by atoms with Crippen molar-refractivity contribution in [2.45, 2.75) is 19.4 Å². The van der Waals surface area contributed by atoms with E-state index in [-0.39, 0.29) is 11.4 Å². The first-order valence-electron chi connectivity index (χ1n) is 8.13. The highest BCUT2D eigenvalue weighted by Gasteiger charge is 2.16. The predicted molar refractivity (Wildman–Crippen MR) is 88.4 cm³/mol. The quantitative estimate of drug-likeness (QED) is 0.743. The molecule has 1 aliphatic rings. The van der Waals surface area contributed by atoms with Crippen molar-refractivity contribution in [1.82, 2.24) is 14.2 Å². The molecule has 3 aromatic rings. The van der Waals surface area contributed by atoms with Crippen LogP contribution in [0.5, 0.6) is 0 Å². The van der Waals surface area contributed by atoms with Gasteiger partial charge in [0.1, 0.15) is 11.3 Å². The first-order chi connectivity index (χ1) is 11.7. The minimum atomic E-state index is -0.290. The van der Waals surface area contributed by atoms with Crippen LogP contribution in [0.3, 0.4) is 0 Å². The second-order valence-corrected chi connectivity index (χ2v) is 6.18. The van der Waals surface area contributed by atoms with E-state index in [0.29, 0.717) is 23.7 Å². The first-order valence-corrected chi connectivity index (χ1v) is 8.13. The molecular weight excluding hydrogens is 309 g/mol. The fraction of sp³-hybridized carbons (Fsp3) is 0.333. The average Bonchev–Trinajstić information content (AvgIpc) is 3.04. The largest absolute Gasteiger partial charge is 0.381 e. The molecule has 0 spiro atoms. The van der Waals surface area contributed by atoms with Crippen LogP contribution < -0.4 is 5.56 Å². The van der Waals surface area contributed by atoms with Crippen LogP contribution in [0.2, 0.25) is 0 Å². The summed E-state index contributed by atoms with van der Waals surface area (Å²) in [6, 6.07) is 7.87. The minimum Gasteiger partial charge on any atom is -0.381 e. The van der Waals surface area contributed by atoms with Gasteiger partial charge in [0.05, 0.1) is 5.69 Å². The Bertz CT molecular complexity index is 908. The van der Waals surface area contributed by atoms with Crippen LogP contribution in [-0.2, 0) is 11.3 Å². The lowest BCUT2D eigenvalue weighted by Gasteiger charge is -2.22. The van der Waals surface area contributed by atoms with E-state index >= 15 is 0 Å². The number of hydrogen-bond acceptors (Lipinski definition) is 3. The van der Waals surface area contributed by atoms with Gasteiger partial charge in [-0.15, -0.1) is 0 Å². The number of benzene rings is 1. The van der Waals surface area contributed by atoms with Gasteiger partial charge in [-0.05, 0) is 49.1 Å². The molecule has 0 radical (unpaired) electrons. The van der Waals surface area contributed by atoms with Crippen LogP contribution in [0.1, 0.15) is 12.8 Å². The number of halogens is 1. The van der Waals surface area contributed by atoms with Gasteiger partial charge in [-0.2, -0.15) is 5.10 Å². The summed E-state index contributed by atoms with van der Waals surface area (Å²) in [7, 11) is 0. The normalized spacial score (nSPS) is 15.9. The van der Waals surface area contributed by atoms with Gasteiger partial charge in [0.2, 0.25) is 0 Å². The van der Waals surface area contributed by atoms with E-state index in [1.807, 2.05) is 0 Å². The van der Waals surface area contributed by atoms with E-state index in [1.165, 1.54) is 12.1 Å². The highest BCUT2D eigenvalue weighted by molar-refractivity contribution is 5.65. The monoisotopic (exact) mass is 327 g/mol. The molecule has 6 heteroatoms. The molecule has 0 aliphatic carbocycles. The van der Waals surface area contributed by atoms with Crippen molar-refractivity contribution in [3.63, 3.8) is 0 Å². The average molecular weight is 327 g/mol. The Kier molecular flexibility index (Phi) is 3.90. The fourth-order valence-electron chi connectivity index (χ4n) is 3.14. The molecule has 5 nitrogen and oxygen atoms in total. The van der Waals surface area contributed by atoms with Crippen molar-refractivity contribution >= 4 is 5.52 Å². The number of aromatic nitrogens is 3. The highest BCUT2D eigenvalue weighted by atomic mass is 19.1. The lowest BCUT2D eigenvalue weighted by atomic mass is 10.0. The summed E-state index contributed by atoms with van der Waals surface area (Å²) in [6.07, 6.45) is 5.55. The standard InChI is InChI=1S/C18H18FN3O2/c19-15-3-1-14(2-4-15)16-11-17-18(23)21(7-8-22(17)20-16)12-13-5-9-24-10-6-13/h1-4,7-8,11,13H,5-6,9-10,12H2. The molecule has 3 heterocycles. The topological polar surface area (TPSA) is 48.5 Å². The maximum absolute atomic E-state index is 13.1. The smallest absolute Gasteiger partial charge is 0.276 e. The summed E-state index contributed by atoms with van der Waals surface area (Å²) < 4.78 is 21.8.